The van der Waals surface area contributed by atoms with E-state index >= 15 is 0 Å². The Morgan fingerprint density at radius 2 is 2.00 bits per heavy atom. The molecule has 0 saturated heterocycles. The Hall–Kier alpha value is -0.120. The molecule has 0 heterocycles. The number of rotatable bonds is 12. The van der Waals surface area contributed by atoms with Crippen molar-refractivity contribution in [1.29, 1.82) is 0 Å². The maximum absolute atomic E-state index is 9.76. The molecule has 1 saturated carbocycles. The fraction of sp³-hybridized carbons (Fsp3) is 1.00. The smallest absolute Gasteiger partial charge is 0.0613 e. The second-order valence-corrected chi connectivity index (χ2v) is 6.85. The SMILES string of the molecule is CCCNC(CC)(CO)CCCN(CC1CC1)C(C)C. The molecule has 20 heavy (non-hydrogen) atoms. The average molecular weight is 284 g/mol. The van der Waals surface area contributed by atoms with Gasteiger partial charge >= 0.3 is 0 Å². The second-order valence-electron chi connectivity index (χ2n) is 6.85. The summed E-state index contributed by atoms with van der Waals surface area (Å²) in [6, 6.07) is 0.643. The quantitative estimate of drug-likeness (QED) is 0.578. The minimum Gasteiger partial charge on any atom is -0.394 e. The van der Waals surface area contributed by atoms with Crippen molar-refractivity contribution in [2.75, 3.05) is 26.2 Å². The molecule has 3 heteroatoms. The lowest BCUT2D eigenvalue weighted by Gasteiger charge is -2.34. The normalized spacial score (nSPS) is 18.8. The van der Waals surface area contributed by atoms with E-state index in [1.807, 2.05) is 0 Å². The molecule has 1 rings (SSSR count). The monoisotopic (exact) mass is 284 g/mol. The van der Waals surface area contributed by atoms with Crippen LogP contribution in [-0.2, 0) is 0 Å². The fourth-order valence-electron chi connectivity index (χ4n) is 2.84. The van der Waals surface area contributed by atoms with Crippen LogP contribution in [0.25, 0.3) is 0 Å². The minimum absolute atomic E-state index is 0.0573. The maximum Gasteiger partial charge on any atom is 0.0613 e. The van der Waals surface area contributed by atoms with Gasteiger partial charge in [-0.05, 0) is 71.4 Å². The summed E-state index contributed by atoms with van der Waals surface area (Å²) >= 11 is 0. The first-order chi connectivity index (χ1) is 9.56. The minimum atomic E-state index is -0.0573. The van der Waals surface area contributed by atoms with Gasteiger partial charge in [0.1, 0.15) is 0 Å². The Bertz CT molecular complexity index is 247. The largest absolute Gasteiger partial charge is 0.394 e. The van der Waals surface area contributed by atoms with Crippen molar-refractivity contribution in [3.05, 3.63) is 0 Å². The molecule has 0 aliphatic heterocycles. The average Bonchev–Trinajstić information content (AvgIpc) is 3.25. The van der Waals surface area contributed by atoms with Crippen LogP contribution < -0.4 is 5.32 Å². The van der Waals surface area contributed by atoms with Gasteiger partial charge in [0.15, 0.2) is 0 Å². The Morgan fingerprint density at radius 1 is 1.30 bits per heavy atom. The Kier molecular flexibility index (Phi) is 8.08. The number of nitrogens with zero attached hydrogens (tertiary/aromatic N) is 1. The zero-order valence-electron chi connectivity index (χ0n) is 14.1. The van der Waals surface area contributed by atoms with Crippen LogP contribution in [0.15, 0.2) is 0 Å². The summed E-state index contributed by atoms with van der Waals surface area (Å²) in [5.74, 6) is 0.962. The molecule has 1 aliphatic rings. The van der Waals surface area contributed by atoms with Crippen molar-refractivity contribution in [2.45, 2.75) is 77.8 Å². The van der Waals surface area contributed by atoms with Crippen LogP contribution in [0.4, 0.5) is 0 Å². The van der Waals surface area contributed by atoms with Crippen LogP contribution in [0.3, 0.4) is 0 Å². The van der Waals surface area contributed by atoms with Gasteiger partial charge in [-0.15, -0.1) is 0 Å². The molecule has 2 N–H and O–H groups in total. The Labute approximate surface area is 126 Å². The summed E-state index contributed by atoms with van der Waals surface area (Å²) in [6.07, 6.45) is 7.24. The van der Waals surface area contributed by atoms with Crippen molar-refractivity contribution in [2.24, 2.45) is 5.92 Å². The lowest BCUT2D eigenvalue weighted by Crippen LogP contribution is -2.49. The Balaban J connectivity index is 2.36. The molecule has 1 fully saturated rings. The highest BCUT2D eigenvalue weighted by Crippen LogP contribution is 2.30. The third kappa shape index (κ3) is 6.11. The van der Waals surface area contributed by atoms with Crippen LogP contribution in [-0.4, -0.2) is 47.8 Å². The van der Waals surface area contributed by atoms with E-state index in [2.05, 4.69) is 37.9 Å². The summed E-state index contributed by atoms with van der Waals surface area (Å²) in [6.45, 7) is 12.7. The third-order valence-electron chi connectivity index (χ3n) is 4.75. The van der Waals surface area contributed by atoms with E-state index in [4.69, 9.17) is 0 Å². The maximum atomic E-state index is 9.76. The molecule has 1 unspecified atom stereocenters. The van der Waals surface area contributed by atoms with E-state index in [9.17, 15) is 5.11 Å². The zero-order valence-corrected chi connectivity index (χ0v) is 14.1. The first-order valence-corrected chi connectivity index (χ1v) is 8.66. The molecule has 0 radical (unpaired) electrons. The molecule has 0 amide bonds. The molecule has 0 bridgehead atoms. The molecule has 120 valence electrons. The molecular weight excluding hydrogens is 248 g/mol. The van der Waals surface area contributed by atoms with Crippen LogP contribution in [0.2, 0.25) is 0 Å². The molecule has 0 spiro atoms. The molecular formula is C17H36N2O. The zero-order chi connectivity index (χ0) is 15.0. The summed E-state index contributed by atoms with van der Waals surface area (Å²) in [4.78, 5) is 2.62. The second kappa shape index (κ2) is 9.01. The van der Waals surface area contributed by atoms with E-state index in [1.54, 1.807) is 0 Å². The van der Waals surface area contributed by atoms with Crippen molar-refractivity contribution in [3.63, 3.8) is 0 Å². The molecule has 3 nitrogen and oxygen atoms in total. The number of aliphatic hydroxyl groups is 1. The van der Waals surface area contributed by atoms with Gasteiger partial charge in [0.05, 0.1) is 6.61 Å². The fourth-order valence-corrected chi connectivity index (χ4v) is 2.84. The molecule has 1 atom stereocenters. The number of hydrogen-bond acceptors (Lipinski definition) is 3. The standard InChI is InChI=1S/C17H36N2O/c1-5-11-18-17(6-2,14-20)10-7-12-19(15(3)4)13-16-8-9-16/h15-16,18,20H,5-14H2,1-4H3. The Morgan fingerprint density at radius 3 is 2.45 bits per heavy atom. The molecule has 1 aliphatic carbocycles. The van der Waals surface area contributed by atoms with Gasteiger partial charge in [-0.25, -0.2) is 0 Å². The van der Waals surface area contributed by atoms with Gasteiger partial charge in [-0.1, -0.05) is 13.8 Å². The highest BCUT2D eigenvalue weighted by Gasteiger charge is 2.28. The number of hydrogen-bond donors (Lipinski definition) is 2. The number of aliphatic hydroxyl groups excluding tert-OH is 1. The van der Waals surface area contributed by atoms with E-state index in [-0.39, 0.29) is 12.1 Å². The van der Waals surface area contributed by atoms with Crippen molar-refractivity contribution in [3.8, 4) is 0 Å². The van der Waals surface area contributed by atoms with Crippen molar-refractivity contribution >= 4 is 0 Å². The third-order valence-corrected chi connectivity index (χ3v) is 4.75. The van der Waals surface area contributed by atoms with Gasteiger partial charge in [0.2, 0.25) is 0 Å². The summed E-state index contributed by atoms with van der Waals surface area (Å²) in [5.41, 5.74) is -0.0573. The van der Waals surface area contributed by atoms with Gasteiger partial charge in [0, 0.05) is 18.1 Å². The van der Waals surface area contributed by atoms with Crippen LogP contribution >= 0.6 is 0 Å². The van der Waals surface area contributed by atoms with E-state index < -0.39 is 0 Å². The highest BCUT2D eigenvalue weighted by molar-refractivity contribution is 4.87. The van der Waals surface area contributed by atoms with E-state index in [0.29, 0.717) is 6.04 Å². The summed E-state index contributed by atoms with van der Waals surface area (Å²) in [5, 5.41) is 13.3. The van der Waals surface area contributed by atoms with E-state index in [1.165, 1.54) is 32.4 Å². The van der Waals surface area contributed by atoms with Gasteiger partial charge in [0.25, 0.3) is 0 Å². The topological polar surface area (TPSA) is 35.5 Å². The first kappa shape index (κ1) is 17.9. The lowest BCUT2D eigenvalue weighted by molar-refractivity contribution is 0.133. The molecule has 0 aromatic rings. The van der Waals surface area contributed by atoms with E-state index in [0.717, 1.165) is 31.7 Å². The lowest BCUT2D eigenvalue weighted by atomic mass is 9.90. The highest BCUT2D eigenvalue weighted by atomic mass is 16.3. The summed E-state index contributed by atoms with van der Waals surface area (Å²) < 4.78 is 0. The van der Waals surface area contributed by atoms with Gasteiger partial charge in [-0.2, -0.15) is 0 Å². The predicted molar refractivity (Wildman–Crippen MR) is 87.1 cm³/mol. The molecule has 0 aromatic heterocycles. The van der Waals surface area contributed by atoms with Gasteiger partial charge < -0.3 is 15.3 Å². The van der Waals surface area contributed by atoms with Gasteiger partial charge in [-0.3, -0.25) is 0 Å². The summed E-state index contributed by atoms with van der Waals surface area (Å²) in [7, 11) is 0. The van der Waals surface area contributed by atoms with Crippen molar-refractivity contribution in [1.82, 2.24) is 10.2 Å². The first-order valence-electron chi connectivity index (χ1n) is 8.66. The van der Waals surface area contributed by atoms with Crippen LogP contribution in [0, 0.1) is 5.92 Å². The van der Waals surface area contributed by atoms with Crippen LogP contribution in [0.1, 0.15) is 66.2 Å². The molecule has 0 aromatic carbocycles. The van der Waals surface area contributed by atoms with Crippen molar-refractivity contribution < 1.29 is 5.11 Å². The van der Waals surface area contributed by atoms with Crippen LogP contribution in [0.5, 0.6) is 0 Å². The predicted octanol–water partition coefficient (Wildman–Crippen LogP) is 3.03. The number of nitrogens with one attached hydrogen (secondary N) is 1.